The quantitative estimate of drug-likeness (QED) is 0.709. The molecule has 2 atom stereocenters. The fraction of sp³-hybridized carbons (Fsp3) is 0.917. The van der Waals surface area contributed by atoms with Crippen LogP contribution in [-0.2, 0) is 9.53 Å². The summed E-state index contributed by atoms with van der Waals surface area (Å²) < 4.78 is 5.36. The second kappa shape index (κ2) is 5.33. The van der Waals surface area contributed by atoms with Gasteiger partial charge in [0.15, 0.2) is 0 Å². The lowest BCUT2D eigenvalue weighted by Gasteiger charge is -2.33. The highest BCUT2D eigenvalue weighted by molar-refractivity contribution is 5.85. The molecule has 0 bridgehead atoms. The van der Waals surface area contributed by atoms with Gasteiger partial charge in [-0.1, -0.05) is 6.92 Å². The first kappa shape index (κ1) is 12.8. The molecule has 0 aromatic rings. The number of morpholine rings is 1. The second-order valence-corrected chi connectivity index (χ2v) is 5.02. The van der Waals surface area contributed by atoms with E-state index >= 15 is 0 Å². The summed E-state index contributed by atoms with van der Waals surface area (Å²) in [6.07, 6.45) is 2.75. The summed E-state index contributed by atoms with van der Waals surface area (Å²) in [6, 6.07) is 0.477. The number of amides is 1. The van der Waals surface area contributed by atoms with E-state index in [0.29, 0.717) is 6.04 Å². The fourth-order valence-corrected chi connectivity index (χ4v) is 3.08. The maximum atomic E-state index is 11.7. The minimum Gasteiger partial charge on any atom is -0.379 e. The van der Waals surface area contributed by atoms with Crippen molar-refractivity contribution in [1.82, 2.24) is 10.2 Å². The minimum atomic E-state index is -0.474. The van der Waals surface area contributed by atoms with Crippen molar-refractivity contribution in [3.8, 4) is 0 Å². The minimum absolute atomic E-state index is 0.199. The van der Waals surface area contributed by atoms with E-state index in [2.05, 4.69) is 10.2 Å². The zero-order valence-electron chi connectivity index (χ0n) is 10.6. The highest BCUT2D eigenvalue weighted by atomic mass is 16.5. The van der Waals surface area contributed by atoms with E-state index in [1.807, 2.05) is 6.92 Å². The van der Waals surface area contributed by atoms with E-state index in [9.17, 15) is 4.79 Å². The molecule has 2 unspecified atom stereocenters. The number of hydrogen-bond donors (Lipinski definition) is 2. The molecule has 1 aliphatic heterocycles. The Morgan fingerprint density at radius 1 is 1.53 bits per heavy atom. The molecule has 0 radical (unpaired) electrons. The number of carbonyl (C=O) groups excluding carboxylic acids is 1. The average molecular weight is 241 g/mol. The van der Waals surface area contributed by atoms with Gasteiger partial charge < -0.3 is 15.8 Å². The SMILES string of the molecule is CCNC1(C(N)=O)CCC(N2CCOCC2)C1. The number of nitrogens with two attached hydrogens (primary N) is 1. The highest BCUT2D eigenvalue weighted by Gasteiger charge is 2.45. The van der Waals surface area contributed by atoms with Crippen LogP contribution in [0, 0.1) is 0 Å². The lowest BCUT2D eigenvalue weighted by atomic mass is 9.96. The van der Waals surface area contributed by atoms with Gasteiger partial charge in [0.2, 0.25) is 5.91 Å². The largest absolute Gasteiger partial charge is 0.379 e. The Kier molecular flexibility index (Phi) is 4.01. The molecule has 2 aliphatic rings. The molecular formula is C12H23N3O2. The van der Waals surface area contributed by atoms with Gasteiger partial charge in [-0.05, 0) is 25.8 Å². The molecule has 5 nitrogen and oxygen atoms in total. The highest BCUT2D eigenvalue weighted by Crippen LogP contribution is 2.33. The predicted octanol–water partition coefficient (Wildman–Crippen LogP) is -0.295. The molecule has 2 rings (SSSR count). The summed E-state index contributed by atoms with van der Waals surface area (Å²) >= 11 is 0. The third-order valence-electron chi connectivity index (χ3n) is 4.04. The second-order valence-electron chi connectivity index (χ2n) is 5.02. The zero-order valence-corrected chi connectivity index (χ0v) is 10.6. The van der Waals surface area contributed by atoms with Crippen molar-refractivity contribution < 1.29 is 9.53 Å². The fourth-order valence-electron chi connectivity index (χ4n) is 3.08. The summed E-state index contributed by atoms with van der Waals surface area (Å²) in [6.45, 7) is 6.38. The number of carbonyl (C=O) groups is 1. The van der Waals surface area contributed by atoms with Crippen LogP contribution in [0.1, 0.15) is 26.2 Å². The number of nitrogens with one attached hydrogen (secondary N) is 1. The van der Waals surface area contributed by atoms with Crippen molar-refractivity contribution >= 4 is 5.91 Å². The van der Waals surface area contributed by atoms with Crippen LogP contribution in [0.4, 0.5) is 0 Å². The Hall–Kier alpha value is -0.650. The number of ether oxygens (including phenoxy) is 1. The lowest BCUT2D eigenvalue weighted by molar-refractivity contribution is -0.124. The first-order chi connectivity index (χ1) is 8.18. The lowest BCUT2D eigenvalue weighted by Crippen LogP contribution is -2.55. The molecule has 98 valence electrons. The van der Waals surface area contributed by atoms with Gasteiger partial charge in [0.05, 0.1) is 18.8 Å². The Morgan fingerprint density at radius 2 is 2.24 bits per heavy atom. The van der Waals surface area contributed by atoms with Crippen LogP contribution in [0.2, 0.25) is 0 Å². The van der Waals surface area contributed by atoms with Gasteiger partial charge in [0.1, 0.15) is 0 Å². The molecule has 0 aromatic heterocycles. The van der Waals surface area contributed by atoms with Crippen LogP contribution in [0.3, 0.4) is 0 Å². The Labute approximate surface area is 103 Å². The molecule has 0 aromatic carbocycles. The van der Waals surface area contributed by atoms with Crippen LogP contribution >= 0.6 is 0 Å². The van der Waals surface area contributed by atoms with Crippen LogP contribution in [0.15, 0.2) is 0 Å². The number of nitrogens with zero attached hydrogens (tertiary/aromatic N) is 1. The molecule has 3 N–H and O–H groups in total. The number of rotatable bonds is 4. The summed E-state index contributed by atoms with van der Waals surface area (Å²) in [5, 5.41) is 3.29. The zero-order chi connectivity index (χ0) is 12.3. The average Bonchev–Trinajstić information content (AvgIpc) is 2.76. The number of hydrogen-bond acceptors (Lipinski definition) is 4. The Morgan fingerprint density at radius 3 is 2.82 bits per heavy atom. The molecular weight excluding hydrogens is 218 g/mol. The van der Waals surface area contributed by atoms with E-state index in [1.165, 1.54) is 0 Å². The van der Waals surface area contributed by atoms with E-state index in [1.54, 1.807) is 0 Å². The van der Waals surface area contributed by atoms with Crippen molar-refractivity contribution in [2.45, 2.75) is 37.8 Å². The van der Waals surface area contributed by atoms with Gasteiger partial charge in [-0.2, -0.15) is 0 Å². The Balaban J connectivity index is 1.98. The van der Waals surface area contributed by atoms with Gasteiger partial charge in [-0.3, -0.25) is 9.69 Å². The molecule has 1 aliphatic carbocycles. The van der Waals surface area contributed by atoms with Crippen LogP contribution in [0.25, 0.3) is 0 Å². The molecule has 1 heterocycles. The van der Waals surface area contributed by atoms with E-state index < -0.39 is 5.54 Å². The summed E-state index contributed by atoms with van der Waals surface area (Å²) in [4.78, 5) is 14.1. The summed E-state index contributed by atoms with van der Waals surface area (Å²) in [5.41, 5.74) is 5.09. The van der Waals surface area contributed by atoms with Crippen LogP contribution < -0.4 is 11.1 Å². The van der Waals surface area contributed by atoms with Crippen LogP contribution in [0.5, 0.6) is 0 Å². The topological polar surface area (TPSA) is 67.6 Å². The number of primary amides is 1. The summed E-state index contributed by atoms with van der Waals surface area (Å²) in [5.74, 6) is -0.199. The third-order valence-corrected chi connectivity index (χ3v) is 4.04. The van der Waals surface area contributed by atoms with E-state index in [-0.39, 0.29) is 5.91 Å². The van der Waals surface area contributed by atoms with Crippen molar-refractivity contribution in [3.63, 3.8) is 0 Å². The van der Waals surface area contributed by atoms with Gasteiger partial charge in [0.25, 0.3) is 0 Å². The smallest absolute Gasteiger partial charge is 0.237 e. The van der Waals surface area contributed by atoms with Crippen LogP contribution in [-0.4, -0.2) is 55.2 Å². The van der Waals surface area contributed by atoms with Crippen molar-refractivity contribution in [2.24, 2.45) is 5.73 Å². The standard InChI is InChI=1S/C12H23N3O2/c1-2-14-12(11(13)16)4-3-10(9-12)15-5-7-17-8-6-15/h10,14H,2-9H2,1H3,(H2,13,16). The van der Waals surface area contributed by atoms with Gasteiger partial charge in [-0.25, -0.2) is 0 Å². The summed E-state index contributed by atoms with van der Waals surface area (Å²) in [7, 11) is 0. The molecule has 2 fully saturated rings. The van der Waals surface area contributed by atoms with Crippen molar-refractivity contribution in [1.29, 1.82) is 0 Å². The molecule has 1 saturated heterocycles. The van der Waals surface area contributed by atoms with Crippen molar-refractivity contribution in [2.75, 3.05) is 32.8 Å². The molecule has 1 saturated carbocycles. The maximum absolute atomic E-state index is 11.7. The first-order valence-electron chi connectivity index (χ1n) is 6.55. The Bertz CT molecular complexity index is 279. The monoisotopic (exact) mass is 241 g/mol. The van der Waals surface area contributed by atoms with Gasteiger partial charge >= 0.3 is 0 Å². The molecule has 5 heteroatoms. The van der Waals surface area contributed by atoms with Gasteiger partial charge in [-0.15, -0.1) is 0 Å². The number of likely N-dealkylation sites (N-methyl/N-ethyl adjacent to an activating group) is 1. The molecule has 1 amide bonds. The van der Waals surface area contributed by atoms with E-state index in [4.69, 9.17) is 10.5 Å². The van der Waals surface area contributed by atoms with E-state index in [0.717, 1.165) is 52.1 Å². The van der Waals surface area contributed by atoms with Gasteiger partial charge in [0, 0.05) is 19.1 Å². The third kappa shape index (κ3) is 2.61. The molecule has 17 heavy (non-hydrogen) atoms. The first-order valence-corrected chi connectivity index (χ1v) is 6.55. The molecule has 0 spiro atoms. The maximum Gasteiger partial charge on any atom is 0.237 e. The van der Waals surface area contributed by atoms with Crippen molar-refractivity contribution in [3.05, 3.63) is 0 Å². The normalized spacial score (nSPS) is 35.0. The predicted molar refractivity (Wildman–Crippen MR) is 65.6 cm³/mol.